The largest absolute Gasteiger partial charge is 0.486 e. The van der Waals surface area contributed by atoms with Crippen LogP contribution in [0.3, 0.4) is 0 Å². The van der Waals surface area contributed by atoms with E-state index >= 15 is 0 Å². The molecule has 0 saturated carbocycles. The quantitative estimate of drug-likeness (QED) is 0.840. The molecule has 0 amide bonds. The maximum atomic E-state index is 12.3. The second kappa shape index (κ2) is 7.80. The molecule has 21 heavy (non-hydrogen) atoms. The van der Waals surface area contributed by atoms with Crippen molar-refractivity contribution in [2.75, 3.05) is 31.8 Å². The SMILES string of the molecule is CCC(C)CS(=O)CC(NC)c1ccc2c(c1)OCCO2. The molecule has 2 rings (SSSR count). The minimum Gasteiger partial charge on any atom is -0.486 e. The van der Waals surface area contributed by atoms with Crippen molar-refractivity contribution >= 4 is 10.8 Å². The van der Waals surface area contributed by atoms with Crippen LogP contribution in [-0.4, -0.2) is 36.0 Å². The normalized spacial score (nSPS) is 18.0. The van der Waals surface area contributed by atoms with Crippen LogP contribution in [0.25, 0.3) is 0 Å². The van der Waals surface area contributed by atoms with Gasteiger partial charge in [-0.1, -0.05) is 26.3 Å². The lowest BCUT2D eigenvalue weighted by Gasteiger charge is -2.22. The summed E-state index contributed by atoms with van der Waals surface area (Å²) in [6.07, 6.45) is 1.07. The van der Waals surface area contributed by atoms with Crippen molar-refractivity contribution in [1.29, 1.82) is 0 Å². The second-order valence-corrected chi connectivity index (χ2v) is 7.08. The van der Waals surface area contributed by atoms with Gasteiger partial charge in [-0.15, -0.1) is 0 Å². The highest BCUT2D eigenvalue weighted by molar-refractivity contribution is 7.85. The second-order valence-electron chi connectivity index (χ2n) is 5.53. The van der Waals surface area contributed by atoms with E-state index in [1.807, 2.05) is 25.2 Å². The Morgan fingerprint density at radius 2 is 1.95 bits per heavy atom. The first kappa shape index (κ1) is 16.3. The lowest BCUT2D eigenvalue weighted by Crippen LogP contribution is -2.25. The Bertz CT molecular complexity index is 492. The highest BCUT2D eigenvalue weighted by Crippen LogP contribution is 2.32. The van der Waals surface area contributed by atoms with Crippen molar-refractivity contribution in [3.05, 3.63) is 23.8 Å². The summed E-state index contributed by atoms with van der Waals surface area (Å²) in [6.45, 7) is 5.47. The van der Waals surface area contributed by atoms with Gasteiger partial charge in [0.05, 0.1) is 0 Å². The highest BCUT2D eigenvalue weighted by atomic mass is 32.2. The van der Waals surface area contributed by atoms with Crippen LogP contribution in [0.1, 0.15) is 31.9 Å². The Kier molecular flexibility index (Phi) is 6.06. The van der Waals surface area contributed by atoms with E-state index in [9.17, 15) is 4.21 Å². The summed E-state index contributed by atoms with van der Waals surface area (Å²) in [5.41, 5.74) is 1.10. The molecule has 0 saturated heterocycles. The molecule has 118 valence electrons. The summed E-state index contributed by atoms with van der Waals surface area (Å²) in [7, 11) is 1.09. The van der Waals surface area contributed by atoms with Gasteiger partial charge in [0.2, 0.25) is 0 Å². The summed E-state index contributed by atoms with van der Waals surface area (Å²) >= 11 is 0. The summed E-state index contributed by atoms with van der Waals surface area (Å²) in [5.74, 6) is 3.47. The molecule has 0 radical (unpaired) electrons. The van der Waals surface area contributed by atoms with Crippen LogP contribution >= 0.6 is 0 Å². The Balaban J connectivity index is 2.05. The van der Waals surface area contributed by atoms with Crippen molar-refractivity contribution in [3.63, 3.8) is 0 Å². The molecular formula is C16H25NO3S. The van der Waals surface area contributed by atoms with Gasteiger partial charge >= 0.3 is 0 Å². The van der Waals surface area contributed by atoms with Gasteiger partial charge in [-0.3, -0.25) is 4.21 Å². The van der Waals surface area contributed by atoms with Gasteiger partial charge < -0.3 is 14.8 Å². The zero-order valence-corrected chi connectivity index (χ0v) is 13.9. The van der Waals surface area contributed by atoms with E-state index in [0.717, 1.165) is 29.2 Å². The zero-order valence-electron chi connectivity index (χ0n) is 13.1. The van der Waals surface area contributed by atoms with E-state index in [2.05, 4.69) is 19.2 Å². The average molecular weight is 311 g/mol. The first-order valence-electron chi connectivity index (χ1n) is 7.55. The summed E-state index contributed by atoms with van der Waals surface area (Å²) in [4.78, 5) is 0. The molecule has 1 N–H and O–H groups in total. The standard InChI is InChI=1S/C16H25NO3S/c1-4-12(2)10-21(18)11-14(17-3)13-5-6-15-16(9-13)20-8-7-19-15/h5-6,9,12,14,17H,4,7-8,10-11H2,1-3H3. The molecule has 1 aromatic rings. The molecule has 4 nitrogen and oxygen atoms in total. The van der Waals surface area contributed by atoms with Gasteiger partial charge in [-0.2, -0.15) is 0 Å². The summed E-state index contributed by atoms with van der Waals surface area (Å²) < 4.78 is 23.4. The lowest BCUT2D eigenvalue weighted by molar-refractivity contribution is 0.171. The van der Waals surface area contributed by atoms with Crippen LogP contribution in [0.2, 0.25) is 0 Å². The Morgan fingerprint density at radius 1 is 1.24 bits per heavy atom. The smallest absolute Gasteiger partial charge is 0.161 e. The highest BCUT2D eigenvalue weighted by Gasteiger charge is 2.18. The minimum absolute atomic E-state index is 0.0747. The van der Waals surface area contributed by atoms with Crippen molar-refractivity contribution in [1.82, 2.24) is 5.32 Å². The first-order chi connectivity index (χ1) is 10.1. The molecule has 3 atom stereocenters. The number of rotatable bonds is 7. The molecule has 3 unspecified atom stereocenters. The van der Waals surface area contributed by atoms with Crippen molar-refractivity contribution in [3.8, 4) is 11.5 Å². The number of ether oxygens (including phenoxy) is 2. The Labute approximate surface area is 129 Å². The topological polar surface area (TPSA) is 47.6 Å². The Morgan fingerprint density at radius 3 is 2.62 bits per heavy atom. The molecular weight excluding hydrogens is 286 g/mol. The third-order valence-corrected chi connectivity index (χ3v) is 5.48. The zero-order chi connectivity index (χ0) is 15.2. The fraction of sp³-hybridized carbons (Fsp3) is 0.625. The van der Waals surface area contributed by atoms with E-state index < -0.39 is 10.8 Å². The van der Waals surface area contributed by atoms with Crippen LogP contribution in [0.15, 0.2) is 18.2 Å². The lowest BCUT2D eigenvalue weighted by atomic mass is 10.1. The minimum atomic E-state index is -0.817. The molecule has 0 aromatic heterocycles. The predicted octanol–water partition coefficient (Wildman–Crippen LogP) is 2.51. The van der Waals surface area contributed by atoms with Gasteiger partial charge in [-0.05, 0) is 30.7 Å². The van der Waals surface area contributed by atoms with E-state index in [4.69, 9.17) is 9.47 Å². The van der Waals surface area contributed by atoms with Gasteiger partial charge in [0.15, 0.2) is 11.5 Å². The number of hydrogen-bond acceptors (Lipinski definition) is 4. The van der Waals surface area contributed by atoms with Crippen LogP contribution < -0.4 is 14.8 Å². The summed E-state index contributed by atoms with van der Waals surface area (Å²) in [5, 5.41) is 3.26. The van der Waals surface area contributed by atoms with Gasteiger partial charge in [0.1, 0.15) is 13.2 Å². The number of benzene rings is 1. The number of nitrogens with one attached hydrogen (secondary N) is 1. The number of hydrogen-bond donors (Lipinski definition) is 1. The fourth-order valence-electron chi connectivity index (χ4n) is 2.31. The third kappa shape index (κ3) is 4.45. The van der Waals surface area contributed by atoms with Gasteiger partial charge in [0.25, 0.3) is 0 Å². The van der Waals surface area contributed by atoms with Crippen LogP contribution in [0.5, 0.6) is 11.5 Å². The van der Waals surface area contributed by atoms with Gasteiger partial charge in [0, 0.05) is 28.3 Å². The Hall–Kier alpha value is -1.07. The number of fused-ring (bicyclic) bond motifs is 1. The molecule has 1 aromatic carbocycles. The summed E-state index contributed by atoms with van der Waals surface area (Å²) in [6, 6.07) is 6.03. The van der Waals surface area contributed by atoms with Crippen molar-refractivity contribution in [2.45, 2.75) is 26.3 Å². The van der Waals surface area contributed by atoms with Crippen LogP contribution in [0.4, 0.5) is 0 Å². The first-order valence-corrected chi connectivity index (χ1v) is 9.04. The van der Waals surface area contributed by atoms with E-state index in [-0.39, 0.29) is 6.04 Å². The molecule has 0 fully saturated rings. The van der Waals surface area contributed by atoms with E-state index in [1.165, 1.54) is 0 Å². The molecule has 0 bridgehead atoms. The van der Waals surface area contributed by atoms with E-state index in [0.29, 0.717) is 24.9 Å². The molecule has 0 aliphatic carbocycles. The maximum absolute atomic E-state index is 12.3. The molecule has 1 heterocycles. The van der Waals surface area contributed by atoms with Crippen molar-refractivity contribution in [2.24, 2.45) is 5.92 Å². The molecule has 0 spiro atoms. The molecule has 5 heteroatoms. The van der Waals surface area contributed by atoms with Gasteiger partial charge in [-0.25, -0.2) is 0 Å². The average Bonchev–Trinajstić information content (AvgIpc) is 2.52. The molecule has 1 aliphatic rings. The van der Waals surface area contributed by atoms with Crippen LogP contribution in [-0.2, 0) is 10.8 Å². The van der Waals surface area contributed by atoms with E-state index in [1.54, 1.807) is 0 Å². The van der Waals surface area contributed by atoms with Crippen molar-refractivity contribution < 1.29 is 13.7 Å². The third-order valence-electron chi connectivity index (χ3n) is 3.84. The predicted molar refractivity (Wildman–Crippen MR) is 86.6 cm³/mol. The maximum Gasteiger partial charge on any atom is 0.161 e. The molecule has 1 aliphatic heterocycles. The monoisotopic (exact) mass is 311 g/mol. The fourth-order valence-corrected chi connectivity index (χ4v) is 4.05. The van der Waals surface area contributed by atoms with Crippen LogP contribution in [0, 0.1) is 5.92 Å².